The van der Waals surface area contributed by atoms with E-state index in [-0.39, 0.29) is 6.04 Å². The highest BCUT2D eigenvalue weighted by Gasteiger charge is 2.25. The number of nitrogens with zero attached hydrogens (tertiary/aromatic N) is 2. The number of rotatable bonds is 2. The Kier molecular flexibility index (Phi) is 3.38. The van der Waals surface area contributed by atoms with Gasteiger partial charge in [0.1, 0.15) is 5.82 Å². The van der Waals surface area contributed by atoms with Crippen LogP contribution >= 0.6 is 0 Å². The molecule has 1 atom stereocenters. The predicted octanol–water partition coefficient (Wildman–Crippen LogP) is 2.73. The Morgan fingerprint density at radius 1 is 1.29 bits per heavy atom. The first-order valence-corrected chi connectivity index (χ1v) is 6.44. The van der Waals surface area contributed by atoms with Crippen molar-refractivity contribution in [1.29, 1.82) is 0 Å². The van der Waals surface area contributed by atoms with Crippen LogP contribution in [0.3, 0.4) is 0 Å². The van der Waals surface area contributed by atoms with Crippen molar-refractivity contribution in [2.24, 2.45) is 11.1 Å². The highest BCUT2D eigenvalue weighted by molar-refractivity contribution is 5.40. The zero-order valence-electron chi connectivity index (χ0n) is 11.1. The van der Waals surface area contributed by atoms with Crippen molar-refractivity contribution < 1.29 is 0 Å². The van der Waals surface area contributed by atoms with Gasteiger partial charge in [-0.1, -0.05) is 19.9 Å². The van der Waals surface area contributed by atoms with Gasteiger partial charge in [0.25, 0.3) is 0 Å². The van der Waals surface area contributed by atoms with E-state index in [1.165, 1.54) is 12.8 Å². The summed E-state index contributed by atoms with van der Waals surface area (Å²) < 4.78 is 0. The maximum absolute atomic E-state index is 5.82. The van der Waals surface area contributed by atoms with Crippen molar-refractivity contribution >= 4 is 5.82 Å². The molecule has 2 rings (SSSR count). The molecule has 1 fully saturated rings. The summed E-state index contributed by atoms with van der Waals surface area (Å²) in [6, 6.07) is 4.25. The summed E-state index contributed by atoms with van der Waals surface area (Å²) in [5, 5.41) is 0. The molecule has 0 aromatic carbocycles. The van der Waals surface area contributed by atoms with E-state index < -0.39 is 0 Å². The predicted molar refractivity (Wildman–Crippen MR) is 72.1 cm³/mol. The number of hydrogen-bond donors (Lipinski definition) is 1. The summed E-state index contributed by atoms with van der Waals surface area (Å²) >= 11 is 0. The number of hydrogen-bond acceptors (Lipinski definition) is 3. The Morgan fingerprint density at radius 2 is 1.94 bits per heavy atom. The molecule has 0 amide bonds. The summed E-state index contributed by atoms with van der Waals surface area (Å²) in [5.41, 5.74) is 7.42. The van der Waals surface area contributed by atoms with Gasteiger partial charge < -0.3 is 10.6 Å². The van der Waals surface area contributed by atoms with Crippen LogP contribution in [0, 0.1) is 5.41 Å². The van der Waals surface area contributed by atoms with E-state index in [9.17, 15) is 0 Å². The lowest BCUT2D eigenvalue weighted by Gasteiger charge is -2.37. The summed E-state index contributed by atoms with van der Waals surface area (Å²) in [4.78, 5) is 6.89. The summed E-state index contributed by atoms with van der Waals surface area (Å²) in [5.74, 6) is 1.09. The van der Waals surface area contributed by atoms with E-state index in [2.05, 4.69) is 35.9 Å². The van der Waals surface area contributed by atoms with Crippen molar-refractivity contribution in [1.82, 2.24) is 4.98 Å². The number of piperidine rings is 1. The van der Waals surface area contributed by atoms with E-state index in [4.69, 9.17) is 5.73 Å². The highest BCUT2D eigenvalue weighted by Crippen LogP contribution is 2.31. The van der Waals surface area contributed by atoms with Crippen molar-refractivity contribution in [2.45, 2.75) is 39.7 Å². The van der Waals surface area contributed by atoms with Gasteiger partial charge in [-0.05, 0) is 36.8 Å². The second-order valence-electron chi connectivity index (χ2n) is 5.89. The zero-order valence-corrected chi connectivity index (χ0v) is 11.1. The van der Waals surface area contributed by atoms with E-state index in [0.717, 1.165) is 24.5 Å². The molecule has 1 aliphatic rings. The van der Waals surface area contributed by atoms with Crippen LogP contribution in [0.15, 0.2) is 18.3 Å². The summed E-state index contributed by atoms with van der Waals surface area (Å²) in [6.45, 7) is 8.89. The van der Waals surface area contributed by atoms with Crippen LogP contribution in [0.2, 0.25) is 0 Å². The van der Waals surface area contributed by atoms with Gasteiger partial charge in [-0.2, -0.15) is 0 Å². The lowest BCUT2D eigenvalue weighted by Crippen LogP contribution is -2.37. The maximum atomic E-state index is 5.82. The monoisotopic (exact) mass is 233 g/mol. The maximum Gasteiger partial charge on any atom is 0.128 e. The highest BCUT2D eigenvalue weighted by atomic mass is 15.2. The van der Waals surface area contributed by atoms with Gasteiger partial charge in [0.05, 0.1) is 0 Å². The molecule has 3 nitrogen and oxygen atoms in total. The third-order valence-electron chi connectivity index (χ3n) is 3.74. The molecule has 2 N–H and O–H groups in total. The molecule has 1 aromatic heterocycles. The van der Waals surface area contributed by atoms with Crippen LogP contribution in [-0.2, 0) is 0 Å². The number of anilines is 1. The van der Waals surface area contributed by atoms with Crippen LogP contribution < -0.4 is 10.6 Å². The Bertz CT molecular complexity index is 358. The lowest BCUT2D eigenvalue weighted by atomic mass is 9.83. The molecule has 17 heavy (non-hydrogen) atoms. The van der Waals surface area contributed by atoms with Gasteiger partial charge in [0.15, 0.2) is 0 Å². The minimum atomic E-state index is 0.0665. The van der Waals surface area contributed by atoms with Gasteiger partial charge in [-0.3, -0.25) is 0 Å². The molecule has 3 heteroatoms. The minimum absolute atomic E-state index is 0.0665. The number of nitrogens with two attached hydrogens (primary N) is 1. The van der Waals surface area contributed by atoms with Crippen molar-refractivity contribution in [3.8, 4) is 0 Å². The Balaban J connectivity index is 2.04. The molecular formula is C14H23N3. The third kappa shape index (κ3) is 2.97. The average Bonchev–Trinajstić information content (AvgIpc) is 2.29. The van der Waals surface area contributed by atoms with Crippen LogP contribution in [0.5, 0.6) is 0 Å². The van der Waals surface area contributed by atoms with Gasteiger partial charge in [-0.15, -0.1) is 0 Å². The minimum Gasteiger partial charge on any atom is -0.357 e. The largest absolute Gasteiger partial charge is 0.357 e. The molecular weight excluding hydrogens is 210 g/mol. The molecule has 0 spiro atoms. The zero-order chi connectivity index (χ0) is 12.5. The standard InChI is InChI=1S/C14H23N3/c1-11(15)12-4-5-13(16-10-12)17-8-6-14(2,3)7-9-17/h4-5,10-11H,6-9,15H2,1-3H3/t11-/m1/s1. The Labute approximate surface area is 104 Å². The van der Waals surface area contributed by atoms with Crippen molar-refractivity contribution in [3.63, 3.8) is 0 Å². The van der Waals surface area contributed by atoms with E-state index in [0.29, 0.717) is 5.41 Å². The number of aromatic nitrogens is 1. The topological polar surface area (TPSA) is 42.1 Å². The van der Waals surface area contributed by atoms with E-state index in [1.54, 1.807) is 0 Å². The first-order chi connectivity index (χ1) is 7.98. The third-order valence-corrected chi connectivity index (χ3v) is 3.74. The van der Waals surface area contributed by atoms with Gasteiger partial charge in [-0.25, -0.2) is 4.98 Å². The second-order valence-corrected chi connectivity index (χ2v) is 5.89. The fourth-order valence-electron chi connectivity index (χ4n) is 2.20. The molecule has 0 aliphatic carbocycles. The van der Waals surface area contributed by atoms with Crippen molar-refractivity contribution in [2.75, 3.05) is 18.0 Å². The molecule has 0 radical (unpaired) electrons. The molecule has 1 aliphatic heterocycles. The lowest BCUT2D eigenvalue weighted by molar-refractivity contribution is 0.279. The van der Waals surface area contributed by atoms with Crippen LogP contribution in [0.1, 0.15) is 45.2 Å². The van der Waals surface area contributed by atoms with Gasteiger partial charge in [0.2, 0.25) is 0 Å². The fraction of sp³-hybridized carbons (Fsp3) is 0.643. The van der Waals surface area contributed by atoms with Gasteiger partial charge >= 0.3 is 0 Å². The Morgan fingerprint density at radius 3 is 2.41 bits per heavy atom. The molecule has 94 valence electrons. The molecule has 1 aromatic rings. The van der Waals surface area contributed by atoms with Crippen molar-refractivity contribution in [3.05, 3.63) is 23.9 Å². The van der Waals surface area contributed by atoms with Crippen LogP contribution in [0.25, 0.3) is 0 Å². The van der Waals surface area contributed by atoms with E-state index >= 15 is 0 Å². The first-order valence-electron chi connectivity index (χ1n) is 6.44. The van der Waals surface area contributed by atoms with Gasteiger partial charge in [0, 0.05) is 25.3 Å². The molecule has 0 unspecified atom stereocenters. The second kappa shape index (κ2) is 4.65. The SMILES string of the molecule is C[C@@H](N)c1ccc(N2CCC(C)(C)CC2)nc1. The normalized spacial score (nSPS) is 21.3. The summed E-state index contributed by atoms with van der Waals surface area (Å²) in [7, 11) is 0. The smallest absolute Gasteiger partial charge is 0.128 e. The Hall–Kier alpha value is -1.09. The quantitative estimate of drug-likeness (QED) is 0.854. The average molecular weight is 233 g/mol. The first kappa shape index (κ1) is 12.4. The molecule has 2 heterocycles. The summed E-state index contributed by atoms with van der Waals surface area (Å²) in [6.07, 6.45) is 4.38. The van der Waals surface area contributed by atoms with Crippen LogP contribution in [-0.4, -0.2) is 18.1 Å². The number of pyridine rings is 1. The van der Waals surface area contributed by atoms with E-state index in [1.807, 2.05) is 13.1 Å². The molecule has 1 saturated heterocycles. The molecule has 0 bridgehead atoms. The molecule has 0 saturated carbocycles. The van der Waals surface area contributed by atoms with Crippen LogP contribution in [0.4, 0.5) is 5.82 Å². The fourth-order valence-corrected chi connectivity index (χ4v) is 2.20.